The number of hydrogen-bond acceptors (Lipinski definition) is 6. The van der Waals surface area contributed by atoms with Crippen LogP contribution in [0.4, 0.5) is 4.79 Å². The first-order valence-electron chi connectivity index (χ1n) is 11.7. The Hall–Kier alpha value is -3.24. The summed E-state index contributed by atoms with van der Waals surface area (Å²) in [7, 11) is 0. The summed E-state index contributed by atoms with van der Waals surface area (Å²) in [6, 6.07) is -1.75. The molecule has 33 heavy (non-hydrogen) atoms. The number of piperazine rings is 1. The van der Waals surface area contributed by atoms with E-state index in [2.05, 4.69) is 25.9 Å². The number of hydrogen-bond donors (Lipinski definition) is 3. The highest BCUT2D eigenvalue weighted by molar-refractivity contribution is 5.95. The smallest absolute Gasteiger partial charge is 0.318 e. The van der Waals surface area contributed by atoms with Gasteiger partial charge in [0.1, 0.15) is 17.8 Å². The van der Waals surface area contributed by atoms with Gasteiger partial charge >= 0.3 is 6.03 Å². The highest BCUT2D eigenvalue weighted by Gasteiger charge is 2.39. The molecular weight excluding hydrogens is 426 g/mol. The molecule has 0 bridgehead atoms. The molecule has 3 aliphatic rings. The van der Waals surface area contributed by atoms with Gasteiger partial charge in [-0.25, -0.2) is 9.78 Å². The molecule has 3 heterocycles. The van der Waals surface area contributed by atoms with E-state index in [-0.39, 0.29) is 49.2 Å². The summed E-state index contributed by atoms with van der Waals surface area (Å²) in [4.78, 5) is 62.4. The maximum atomic E-state index is 13.2. The Bertz CT molecular complexity index is 875. The number of carbonyl (C=O) groups excluding carboxylic acids is 4. The molecule has 11 nitrogen and oxygen atoms in total. The third kappa shape index (κ3) is 5.58. The van der Waals surface area contributed by atoms with Crippen LogP contribution in [-0.2, 0) is 9.59 Å². The number of nitrogens with one attached hydrogen (secondary N) is 3. The normalized spacial score (nSPS) is 24.1. The Labute approximate surface area is 192 Å². The fraction of sp³-hybridized carbons (Fsp3) is 0.636. The molecule has 178 valence electrons. The van der Waals surface area contributed by atoms with Gasteiger partial charge in [-0.1, -0.05) is 19.3 Å². The van der Waals surface area contributed by atoms with Crippen molar-refractivity contribution in [2.75, 3.05) is 26.2 Å². The van der Waals surface area contributed by atoms with Crippen molar-refractivity contribution in [3.8, 4) is 0 Å². The highest BCUT2D eigenvalue weighted by Crippen LogP contribution is 2.19. The highest BCUT2D eigenvalue weighted by atomic mass is 16.2. The number of amides is 5. The van der Waals surface area contributed by atoms with E-state index >= 15 is 0 Å². The van der Waals surface area contributed by atoms with E-state index in [0.29, 0.717) is 13.0 Å². The van der Waals surface area contributed by atoms with Crippen molar-refractivity contribution in [1.82, 2.24) is 35.7 Å². The summed E-state index contributed by atoms with van der Waals surface area (Å²) in [5.41, 5.74) is 0.184. The predicted molar refractivity (Wildman–Crippen MR) is 118 cm³/mol. The summed E-state index contributed by atoms with van der Waals surface area (Å²) >= 11 is 0. The van der Waals surface area contributed by atoms with Gasteiger partial charge in [0.15, 0.2) is 0 Å². The van der Waals surface area contributed by atoms with Crippen LogP contribution in [0.3, 0.4) is 0 Å². The quantitative estimate of drug-likeness (QED) is 0.584. The van der Waals surface area contributed by atoms with Gasteiger partial charge in [-0.2, -0.15) is 0 Å². The second kappa shape index (κ2) is 10.6. The summed E-state index contributed by atoms with van der Waals surface area (Å²) in [6.07, 6.45) is 10.8. The molecule has 1 aromatic rings. The fourth-order valence-electron chi connectivity index (χ4n) is 4.69. The van der Waals surface area contributed by atoms with Crippen molar-refractivity contribution < 1.29 is 19.2 Å². The minimum Gasteiger partial charge on any atom is -0.354 e. The minimum absolute atomic E-state index is 0.0215. The van der Waals surface area contributed by atoms with Crippen LogP contribution in [0, 0.1) is 0 Å². The molecule has 5 amide bonds. The summed E-state index contributed by atoms with van der Waals surface area (Å²) in [5, 5.41) is 8.60. The number of piperidine rings is 1. The molecule has 2 atom stereocenters. The van der Waals surface area contributed by atoms with Gasteiger partial charge in [0.05, 0.1) is 12.7 Å². The lowest BCUT2D eigenvalue weighted by Gasteiger charge is -2.41. The van der Waals surface area contributed by atoms with Gasteiger partial charge in [0.2, 0.25) is 11.8 Å². The van der Waals surface area contributed by atoms with Crippen molar-refractivity contribution >= 4 is 23.8 Å². The third-order valence-electron chi connectivity index (χ3n) is 6.55. The Morgan fingerprint density at radius 2 is 1.82 bits per heavy atom. The van der Waals surface area contributed by atoms with Crippen LogP contribution >= 0.6 is 0 Å². The molecule has 1 aromatic heterocycles. The van der Waals surface area contributed by atoms with Gasteiger partial charge < -0.3 is 25.8 Å². The fourth-order valence-corrected chi connectivity index (χ4v) is 4.69. The molecule has 0 unspecified atom stereocenters. The topological polar surface area (TPSA) is 137 Å². The first kappa shape index (κ1) is 22.9. The van der Waals surface area contributed by atoms with E-state index in [1.165, 1.54) is 34.8 Å². The summed E-state index contributed by atoms with van der Waals surface area (Å²) in [6.45, 7) is 1.10. The zero-order chi connectivity index (χ0) is 23.2. The molecule has 0 spiro atoms. The first-order valence-corrected chi connectivity index (χ1v) is 11.7. The maximum absolute atomic E-state index is 13.2. The van der Waals surface area contributed by atoms with Crippen molar-refractivity contribution in [3.63, 3.8) is 0 Å². The van der Waals surface area contributed by atoms with Crippen LogP contribution < -0.4 is 16.0 Å². The number of carbonyl (C=O) groups is 4. The lowest BCUT2D eigenvalue weighted by Crippen LogP contribution is -2.65. The number of nitrogens with zero attached hydrogens (tertiary/aromatic N) is 4. The van der Waals surface area contributed by atoms with Crippen molar-refractivity contribution in [2.24, 2.45) is 0 Å². The van der Waals surface area contributed by atoms with Crippen LogP contribution in [0.2, 0.25) is 0 Å². The second-order valence-corrected chi connectivity index (χ2v) is 8.83. The second-order valence-electron chi connectivity index (χ2n) is 8.83. The molecule has 1 saturated carbocycles. The van der Waals surface area contributed by atoms with Crippen LogP contribution in [0.15, 0.2) is 18.6 Å². The van der Waals surface area contributed by atoms with E-state index < -0.39 is 18.0 Å². The molecule has 0 radical (unpaired) electrons. The summed E-state index contributed by atoms with van der Waals surface area (Å²) in [5.74, 6) is -1.01. The van der Waals surface area contributed by atoms with Crippen LogP contribution in [-0.4, -0.2) is 87.8 Å². The maximum Gasteiger partial charge on any atom is 0.318 e. The summed E-state index contributed by atoms with van der Waals surface area (Å²) < 4.78 is 0. The van der Waals surface area contributed by atoms with Crippen LogP contribution in [0.25, 0.3) is 0 Å². The molecule has 3 fully saturated rings. The Morgan fingerprint density at radius 3 is 2.55 bits per heavy atom. The molecule has 11 heteroatoms. The average molecular weight is 458 g/mol. The third-order valence-corrected chi connectivity index (χ3v) is 6.55. The monoisotopic (exact) mass is 457 g/mol. The van der Waals surface area contributed by atoms with E-state index in [9.17, 15) is 19.2 Å². The molecule has 2 saturated heterocycles. The largest absolute Gasteiger partial charge is 0.354 e. The van der Waals surface area contributed by atoms with Crippen LogP contribution in [0.5, 0.6) is 0 Å². The number of rotatable bonds is 4. The lowest BCUT2D eigenvalue weighted by molar-refractivity contribution is -0.133. The van der Waals surface area contributed by atoms with Gasteiger partial charge in [-0.05, 0) is 25.7 Å². The SMILES string of the molecule is O=C1NCCC[C@@H]1NC(=O)[C@H]1CN(C(=O)c2cnccn2)CCN1C(=O)NC1CCCCC1. The Morgan fingerprint density at radius 1 is 1.00 bits per heavy atom. The van der Waals surface area contributed by atoms with E-state index in [1.807, 2.05) is 0 Å². The average Bonchev–Trinajstić information content (AvgIpc) is 2.85. The lowest BCUT2D eigenvalue weighted by atomic mass is 9.95. The van der Waals surface area contributed by atoms with Gasteiger partial charge in [-0.15, -0.1) is 0 Å². The van der Waals surface area contributed by atoms with Gasteiger partial charge in [0, 0.05) is 38.1 Å². The minimum atomic E-state index is -0.905. The van der Waals surface area contributed by atoms with Crippen LogP contribution in [0.1, 0.15) is 55.4 Å². The number of urea groups is 1. The Kier molecular flexibility index (Phi) is 7.36. The van der Waals surface area contributed by atoms with Crippen molar-refractivity contribution in [2.45, 2.75) is 63.1 Å². The molecule has 0 aromatic carbocycles. The predicted octanol–water partition coefficient (Wildman–Crippen LogP) is 0.0401. The Balaban J connectivity index is 1.48. The van der Waals surface area contributed by atoms with E-state index in [0.717, 1.165) is 32.1 Å². The van der Waals surface area contributed by atoms with Gasteiger partial charge in [0.25, 0.3) is 5.91 Å². The zero-order valence-corrected chi connectivity index (χ0v) is 18.7. The molecular formula is C22H31N7O4. The number of aromatic nitrogens is 2. The van der Waals surface area contributed by atoms with Crippen molar-refractivity contribution in [1.29, 1.82) is 0 Å². The standard InChI is InChI=1S/C22H31N7O4/c30-19-16(7-4-8-25-19)27-20(31)18-14-28(21(32)17-13-23-9-10-24-17)11-12-29(18)22(33)26-15-5-2-1-3-6-15/h9-10,13,15-16,18H,1-8,11-12,14H2,(H,25,30)(H,26,33)(H,27,31)/t16-,18+/m0/s1. The van der Waals surface area contributed by atoms with E-state index in [1.54, 1.807) is 0 Å². The molecule has 3 N–H and O–H groups in total. The molecule has 2 aliphatic heterocycles. The van der Waals surface area contributed by atoms with E-state index in [4.69, 9.17) is 0 Å². The first-order chi connectivity index (χ1) is 16.0. The molecule has 4 rings (SSSR count). The van der Waals surface area contributed by atoms with Crippen molar-refractivity contribution in [3.05, 3.63) is 24.3 Å². The van der Waals surface area contributed by atoms with Gasteiger partial charge in [-0.3, -0.25) is 19.4 Å². The molecule has 1 aliphatic carbocycles. The zero-order valence-electron chi connectivity index (χ0n) is 18.7.